The molecule has 3 rings (SSSR count). The first-order valence-electron chi connectivity index (χ1n) is 7.94. The molecule has 0 unspecified atom stereocenters. The second-order valence-corrected chi connectivity index (χ2v) is 5.86. The molecule has 0 saturated carbocycles. The topological polar surface area (TPSA) is 60.2 Å². The summed E-state index contributed by atoms with van der Waals surface area (Å²) in [5.74, 6) is 1.59. The quantitative estimate of drug-likeness (QED) is 0.842. The summed E-state index contributed by atoms with van der Waals surface area (Å²) < 4.78 is 7.13. The molecule has 23 heavy (non-hydrogen) atoms. The molecule has 0 radical (unpaired) electrons. The number of nitrogens with zero attached hydrogens (tertiary/aromatic N) is 4. The molecular weight excluding hydrogens is 292 g/mol. The van der Waals surface area contributed by atoms with Crippen LogP contribution in [0.5, 0.6) is 0 Å². The van der Waals surface area contributed by atoms with Gasteiger partial charge in [0.2, 0.25) is 5.91 Å². The van der Waals surface area contributed by atoms with Gasteiger partial charge in [-0.05, 0) is 30.5 Å². The van der Waals surface area contributed by atoms with Crippen molar-refractivity contribution in [2.24, 2.45) is 0 Å². The Morgan fingerprint density at radius 1 is 1.26 bits per heavy atom. The molecule has 0 bridgehead atoms. The van der Waals surface area contributed by atoms with Crippen molar-refractivity contribution in [3.8, 4) is 0 Å². The first-order valence-corrected chi connectivity index (χ1v) is 7.94. The van der Waals surface area contributed by atoms with Crippen molar-refractivity contribution in [3.63, 3.8) is 0 Å². The number of imidazole rings is 1. The smallest absolute Gasteiger partial charge is 0.248 e. The van der Waals surface area contributed by atoms with E-state index in [1.165, 1.54) is 5.56 Å². The number of rotatable bonds is 5. The number of methoxy groups -OCH3 is 1. The SMILES string of the molecule is COCC(=O)N1CCC(c2nccn2Cc2ccncc2)CC1. The molecule has 1 aliphatic heterocycles. The fourth-order valence-electron chi connectivity index (χ4n) is 3.10. The van der Waals surface area contributed by atoms with E-state index in [1.807, 2.05) is 41.8 Å². The molecule has 3 heterocycles. The number of hydrogen-bond acceptors (Lipinski definition) is 4. The van der Waals surface area contributed by atoms with Crippen LogP contribution in [0.25, 0.3) is 0 Å². The molecule has 0 N–H and O–H groups in total. The van der Waals surface area contributed by atoms with E-state index in [0.29, 0.717) is 5.92 Å². The highest BCUT2D eigenvalue weighted by molar-refractivity contribution is 5.77. The van der Waals surface area contributed by atoms with Crippen molar-refractivity contribution in [3.05, 3.63) is 48.3 Å². The number of likely N-dealkylation sites (tertiary alicyclic amines) is 1. The van der Waals surface area contributed by atoms with Gasteiger partial charge in [0.05, 0.1) is 0 Å². The Labute approximate surface area is 136 Å². The van der Waals surface area contributed by atoms with Crippen molar-refractivity contribution in [1.29, 1.82) is 0 Å². The second-order valence-electron chi connectivity index (χ2n) is 5.86. The second kappa shape index (κ2) is 7.37. The first-order chi connectivity index (χ1) is 11.3. The number of pyridine rings is 1. The highest BCUT2D eigenvalue weighted by Crippen LogP contribution is 2.27. The van der Waals surface area contributed by atoms with E-state index in [9.17, 15) is 4.79 Å². The van der Waals surface area contributed by atoms with Crippen LogP contribution in [0, 0.1) is 0 Å². The monoisotopic (exact) mass is 314 g/mol. The van der Waals surface area contributed by atoms with Gasteiger partial charge in [-0.3, -0.25) is 9.78 Å². The van der Waals surface area contributed by atoms with Crippen LogP contribution in [-0.2, 0) is 16.1 Å². The minimum Gasteiger partial charge on any atom is -0.375 e. The summed E-state index contributed by atoms with van der Waals surface area (Å²) in [4.78, 5) is 22.4. The van der Waals surface area contributed by atoms with Gasteiger partial charge in [0.1, 0.15) is 12.4 Å². The lowest BCUT2D eigenvalue weighted by Gasteiger charge is -2.31. The number of aromatic nitrogens is 3. The zero-order valence-electron chi connectivity index (χ0n) is 13.4. The molecule has 0 aromatic carbocycles. The van der Waals surface area contributed by atoms with E-state index >= 15 is 0 Å². The summed E-state index contributed by atoms with van der Waals surface area (Å²) in [6.07, 6.45) is 9.40. The van der Waals surface area contributed by atoms with Gasteiger partial charge in [0, 0.05) is 57.4 Å². The molecule has 2 aromatic heterocycles. The average Bonchev–Trinajstić information content (AvgIpc) is 3.04. The van der Waals surface area contributed by atoms with Gasteiger partial charge >= 0.3 is 0 Å². The van der Waals surface area contributed by atoms with Crippen molar-refractivity contribution in [2.45, 2.75) is 25.3 Å². The summed E-state index contributed by atoms with van der Waals surface area (Å²) in [6, 6.07) is 4.05. The number of ether oxygens (including phenoxy) is 1. The number of carbonyl (C=O) groups excluding carboxylic acids is 1. The molecule has 2 aromatic rings. The third-order valence-corrected chi connectivity index (χ3v) is 4.33. The minimum absolute atomic E-state index is 0.0751. The predicted molar refractivity (Wildman–Crippen MR) is 86.0 cm³/mol. The molecule has 1 amide bonds. The number of amides is 1. The van der Waals surface area contributed by atoms with Crippen LogP contribution in [-0.4, -0.2) is 52.1 Å². The van der Waals surface area contributed by atoms with Gasteiger partial charge in [-0.1, -0.05) is 0 Å². The van der Waals surface area contributed by atoms with Crippen LogP contribution in [0.1, 0.15) is 30.1 Å². The highest BCUT2D eigenvalue weighted by atomic mass is 16.5. The van der Waals surface area contributed by atoms with Crippen LogP contribution < -0.4 is 0 Å². The maximum absolute atomic E-state index is 11.9. The van der Waals surface area contributed by atoms with Gasteiger partial charge in [0.25, 0.3) is 0 Å². The summed E-state index contributed by atoms with van der Waals surface area (Å²) >= 11 is 0. The zero-order valence-corrected chi connectivity index (χ0v) is 13.4. The Morgan fingerprint density at radius 2 is 2.00 bits per heavy atom. The Kier molecular flexibility index (Phi) is 5.02. The van der Waals surface area contributed by atoms with E-state index in [2.05, 4.69) is 14.5 Å². The lowest BCUT2D eigenvalue weighted by Crippen LogP contribution is -2.40. The molecule has 0 spiro atoms. The van der Waals surface area contributed by atoms with Gasteiger partial charge in [0.15, 0.2) is 0 Å². The fourth-order valence-corrected chi connectivity index (χ4v) is 3.10. The van der Waals surface area contributed by atoms with Crippen molar-refractivity contribution >= 4 is 5.91 Å². The maximum Gasteiger partial charge on any atom is 0.248 e. The highest BCUT2D eigenvalue weighted by Gasteiger charge is 2.26. The normalized spacial score (nSPS) is 15.8. The lowest BCUT2D eigenvalue weighted by molar-refractivity contribution is -0.136. The number of piperidine rings is 1. The molecule has 0 atom stereocenters. The Morgan fingerprint density at radius 3 is 2.70 bits per heavy atom. The van der Waals surface area contributed by atoms with Crippen LogP contribution in [0.15, 0.2) is 36.9 Å². The molecule has 1 aliphatic rings. The minimum atomic E-state index is 0.0751. The van der Waals surface area contributed by atoms with E-state index in [0.717, 1.165) is 38.3 Å². The summed E-state index contributed by atoms with van der Waals surface area (Å²) in [6.45, 7) is 2.52. The third kappa shape index (κ3) is 3.76. The molecule has 1 saturated heterocycles. The van der Waals surface area contributed by atoms with Crippen LogP contribution in [0.3, 0.4) is 0 Å². The summed E-state index contributed by atoms with van der Waals surface area (Å²) in [7, 11) is 1.56. The van der Waals surface area contributed by atoms with E-state index in [4.69, 9.17) is 4.74 Å². The van der Waals surface area contributed by atoms with Crippen molar-refractivity contribution in [1.82, 2.24) is 19.4 Å². The van der Waals surface area contributed by atoms with E-state index < -0.39 is 0 Å². The Balaban J connectivity index is 1.63. The fraction of sp³-hybridized carbons (Fsp3) is 0.471. The van der Waals surface area contributed by atoms with E-state index in [-0.39, 0.29) is 12.5 Å². The Hall–Kier alpha value is -2.21. The molecule has 6 heteroatoms. The van der Waals surface area contributed by atoms with Gasteiger partial charge in [-0.15, -0.1) is 0 Å². The summed E-state index contributed by atoms with van der Waals surface area (Å²) in [5.41, 5.74) is 1.21. The standard InChI is InChI=1S/C17H22N4O2/c1-23-13-16(22)20-9-4-15(5-10-20)17-19-8-11-21(17)12-14-2-6-18-7-3-14/h2-3,6-8,11,15H,4-5,9-10,12-13H2,1H3. The van der Waals surface area contributed by atoms with Crippen molar-refractivity contribution in [2.75, 3.05) is 26.8 Å². The largest absolute Gasteiger partial charge is 0.375 e. The molecule has 1 fully saturated rings. The molecule has 6 nitrogen and oxygen atoms in total. The molecular formula is C17H22N4O2. The third-order valence-electron chi connectivity index (χ3n) is 4.33. The van der Waals surface area contributed by atoms with Crippen LogP contribution in [0.4, 0.5) is 0 Å². The zero-order chi connectivity index (χ0) is 16.1. The van der Waals surface area contributed by atoms with Crippen LogP contribution >= 0.6 is 0 Å². The van der Waals surface area contributed by atoms with Crippen LogP contribution in [0.2, 0.25) is 0 Å². The molecule has 0 aliphatic carbocycles. The summed E-state index contributed by atoms with van der Waals surface area (Å²) in [5, 5.41) is 0. The first kappa shape index (κ1) is 15.7. The number of carbonyl (C=O) groups is 1. The van der Waals surface area contributed by atoms with Gasteiger partial charge in [-0.2, -0.15) is 0 Å². The van der Waals surface area contributed by atoms with Crippen molar-refractivity contribution < 1.29 is 9.53 Å². The van der Waals surface area contributed by atoms with Gasteiger partial charge in [-0.25, -0.2) is 4.98 Å². The van der Waals surface area contributed by atoms with E-state index in [1.54, 1.807) is 7.11 Å². The Bertz CT molecular complexity index is 633. The average molecular weight is 314 g/mol. The van der Waals surface area contributed by atoms with Gasteiger partial charge < -0.3 is 14.2 Å². The lowest BCUT2D eigenvalue weighted by atomic mass is 9.95. The maximum atomic E-state index is 11.9. The predicted octanol–water partition coefficient (Wildman–Crippen LogP) is 1.68. The molecule has 122 valence electrons. The number of hydrogen-bond donors (Lipinski definition) is 0.